The van der Waals surface area contributed by atoms with Gasteiger partial charge in [0.15, 0.2) is 12.4 Å². The second kappa shape index (κ2) is 36.1. The van der Waals surface area contributed by atoms with Crippen LogP contribution < -0.4 is 4.89 Å². The second-order valence-electron chi connectivity index (χ2n) is 18.2. The molecule has 0 aromatic heterocycles. The molecule has 1 aliphatic rings. The van der Waals surface area contributed by atoms with Crippen LogP contribution in [-0.4, -0.2) is 123 Å². The molecule has 1 aliphatic heterocycles. The van der Waals surface area contributed by atoms with Crippen LogP contribution in [-0.2, 0) is 42.1 Å². The van der Waals surface area contributed by atoms with Crippen LogP contribution in [0.5, 0.6) is 0 Å². The summed E-state index contributed by atoms with van der Waals surface area (Å²) in [6.45, 7) is 3.35. The number of esters is 2. The van der Waals surface area contributed by atoms with E-state index in [1.165, 1.54) is 116 Å². The number of quaternary nitrogens is 1. The van der Waals surface area contributed by atoms with Crippen molar-refractivity contribution in [2.24, 2.45) is 0 Å². The second-order valence-corrected chi connectivity index (χ2v) is 19.6. The normalized spacial score (nSPS) is 21.0. The highest BCUT2D eigenvalue weighted by Crippen LogP contribution is 2.39. The van der Waals surface area contributed by atoms with Crippen molar-refractivity contribution in [3.8, 4) is 0 Å². The zero-order chi connectivity index (χ0) is 45.2. The van der Waals surface area contributed by atoms with Crippen molar-refractivity contribution in [1.29, 1.82) is 0 Å². The minimum absolute atomic E-state index is 0.130. The number of aliphatic hydroxyl groups is 3. The van der Waals surface area contributed by atoms with Crippen LogP contribution in [0.15, 0.2) is 0 Å². The SMILES string of the molecule is CCCCCCCCCCCCCCCC(=O)OCC(CO[C@H]1O[C@H](COP(=O)([O-])OCC[N+](C)(C)C)[C@@H](O)[C@H](O)[C@H]1O)OC(=O)CCCCCCCCCCCCCCC. The molecule has 3 N–H and O–H groups in total. The lowest BCUT2D eigenvalue weighted by Gasteiger charge is -2.41. The highest BCUT2D eigenvalue weighted by atomic mass is 31.2. The number of phosphoric ester groups is 1. The highest BCUT2D eigenvalue weighted by Gasteiger charge is 2.45. The maximum Gasteiger partial charge on any atom is 0.306 e. The number of carbonyl (C=O) groups is 2. The Morgan fingerprint density at radius 3 is 1.48 bits per heavy atom. The molecule has 0 bridgehead atoms. The monoisotopic (exact) mass is 896 g/mol. The largest absolute Gasteiger partial charge is 0.756 e. The molecule has 2 unspecified atom stereocenters. The maximum atomic E-state index is 12.9. The summed E-state index contributed by atoms with van der Waals surface area (Å²) in [5.41, 5.74) is 0. The van der Waals surface area contributed by atoms with Crippen LogP contribution in [0.4, 0.5) is 0 Å². The predicted octanol–water partition coefficient (Wildman–Crippen LogP) is 8.44. The fraction of sp³-hybridized carbons (Fsp3) is 0.957. The van der Waals surface area contributed by atoms with Crippen molar-refractivity contribution in [1.82, 2.24) is 0 Å². The number of phosphoric acid groups is 1. The number of rotatable bonds is 41. The van der Waals surface area contributed by atoms with E-state index in [4.69, 9.17) is 28.0 Å². The molecule has 1 rings (SSSR count). The Kier molecular flexibility index (Phi) is 34.2. The number of carbonyl (C=O) groups excluding carboxylic acids is 2. The number of aliphatic hydroxyl groups excluding tert-OH is 3. The predicted molar refractivity (Wildman–Crippen MR) is 237 cm³/mol. The van der Waals surface area contributed by atoms with Gasteiger partial charge in [0.25, 0.3) is 7.82 Å². The molecule has 1 heterocycles. The fourth-order valence-corrected chi connectivity index (χ4v) is 7.93. The van der Waals surface area contributed by atoms with E-state index < -0.39 is 63.2 Å². The molecule has 0 spiro atoms. The Morgan fingerprint density at radius 1 is 0.607 bits per heavy atom. The number of ether oxygens (including phenoxy) is 4. The first-order chi connectivity index (χ1) is 29.2. The molecule has 1 saturated heterocycles. The number of likely N-dealkylation sites (N-methyl/N-ethyl adjacent to an activating group) is 1. The van der Waals surface area contributed by atoms with Crippen LogP contribution in [0.25, 0.3) is 0 Å². The van der Waals surface area contributed by atoms with Gasteiger partial charge in [0.1, 0.15) is 44.2 Å². The number of unbranched alkanes of at least 4 members (excludes halogenated alkanes) is 24. The molecule has 7 atom stereocenters. The van der Waals surface area contributed by atoms with E-state index in [9.17, 15) is 34.4 Å². The summed E-state index contributed by atoms with van der Waals surface area (Å²) in [5, 5.41) is 31.7. The van der Waals surface area contributed by atoms with Crippen molar-refractivity contribution < 1.29 is 66.8 Å². The van der Waals surface area contributed by atoms with Crippen LogP contribution in [0.2, 0.25) is 0 Å². The molecule has 0 amide bonds. The van der Waals surface area contributed by atoms with Gasteiger partial charge < -0.3 is 52.7 Å². The van der Waals surface area contributed by atoms with Gasteiger partial charge in [-0.3, -0.25) is 14.2 Å². The van der Waals surface area contributed by atoms with Crippen molar-refractivity contribution in [3.05, 3.63) is 0 Å². The van der Waals surface area contributed by atoms with Crippen molar-refractivity contribution in [2.75, 3.05) is 54.1 Å². The van der Waals surface area contributed by atoms with Gasteiger partial charge in [-0.05, 0) is 12.8 Å². The van der Waals surface area contributed by atoms with Gasteiger partial charge in [-0.1, -0.05) is 168 Å². The summed E-state index contributed by atoms with van der Waals surface area (Å²) in [6, 6.07) is 0. The van der Waals surface area contributed by atoms with Crippen LogP contribution in [0.1, 0.15) is 194 Å². The van der Waals surface area contributed by atoms with E-state index >= 15 is 0 Å². The maximum absolute atomic E-state index is 12.9. The summed E-state index contributed by atoms with van der Waals surface area (Å²) in [7, 11) is 0.829. The fourth-order valence-electron chi connectivity index (χ4n) is 7.22. The van der Waals surface area contributed by atoms with Gasteiger partial charge >= 0.3 is 11.9 Å². The first-order valence-corrected chi connectivity index (χ1v) is 25.7. The highest BCUT2D eigenvalue weighted by molar-refractivity contribution is 7.45. The van der Waals surface area contributed by atoms with Gasteiger partial charge in [-0.2, -0.15) is 0 Å². The lowest BCUT2D eigenvalue weighted by atomic mass is 9.99. The Bertz CT molecular complexity index is 1130. The van der Waals surface area contributed by atoms with Gasteiger partial charge in [-0.15, -0.1) is 0 Å². The summed E-state index contributed by atoms with van der Waals surface area (Å²) in [4.78, 5) is 38.0. The third-order valence-electron chi connectivity index (χ3n) is 11.2. The van der Waals surface area contributed by atoms with Gasteiger partial charge in [0.05, 0.1) is 34.4 Å². The number of nitrogens with zero attached hydrogens (tertiary/aromatic N) is 1. The molecule has 61 heavy (non-hydrogen) atoms. The molecule has 0 aliphatic carbocycles. The molecule has 1 fully saturated rings. The van der Waals surface area contributed by atoms with Gasteiger partial charge in [0.2, 0.25) is 0 Å². The number of hydrogen-bond donors (Lipinski definition) is 3. The minimum atomic E-state index is -4.78. The van der Waals surface area contributed by atoms with E-state index in [-0.39, 0.29) is 32.7 Å². The zero-order valence-corrected chi connectivity index (χ0v) is 40.0. The molecule has 0 aromatic rings. The Morgan fingerprint density at radius 2 is 1.03 bits per heavy atom. The molecule has 15 heteroatoms. The zero-order valence-electron chi connectivity index (χ0n) is 39.1. The lowest BCUT2D eigenvalue weighted by Crippen LogP contribution is -2.59. The topological polar surface area (TPSA) is 190 Å². The first kappa shape index (κ1) is 57.8. The van der Waals surface area contributed by atoms with Crippen LogP contribution in [0.3, 0.4) is 0 Å². The molecular weight excluding hydrogens is 805 g/mol. The average Bonchev–Trinajstić information content (AvgIpc) is 3.21. The van der Waals surface area contributed by atoms with Crippen molar-refractivity contribution in [2.45, 2.75) is 230 Å². The quantitative estimate of drug-likeness (QED) is 0.0230. The van der Waals surface area contributed by atoms with Crippen LogP contribution in [0, 0.1) is 0 Å². The third kappa shape index (κ3) is 32.2. The Balaban J connectivity index is 2.60. The summed E-state index contributed by atoms with van der Waals surface area (Å²) in [5.74, 6) is -0.899. The summed E-state index contributed by atoms with van der Waals surface area (Å²) < 4.78 is 45.2. The van der Waals surface area contributed by atoms with Crippen LogP contribution >= 0.6 is 7.82 Å². The molecule has 0 saturated carbocycles. The molecule has 0 aromatic carbocycles. The van der Waals surface area contributed by atoms with Crippen molar-refractivity contribution in [3.63, 3.8) is 0 Å². The van der Waals surface area contributed by atoms with E-state index in [0.29, 0.717) is 23.9 Å². The summed E-state index contributed by atoms with van der Waals surface area (Å²) >= 11 is 0. The first-order valence-electron chi connectivity index (χ1n) is 24.3. The smallest absolute Gasteiger partial charge is 0.306 e. The third-order valence-corrected chi connectivity index (χ3v) is 12.2. The molecule has 0 radical (unpaired) electrons. The Hall–Kier alpha value is -1.19. The molecule has 362 valence electrons. The average molecular weight is 896 g/mol. The Labute approximate surface area is 370 Å². The van der Waals surface area contributed by atoms with E-state index in [1.54, 1.807) is 0 Å². The molecule has 14 nitrogen and oxygen atoms in total. The summed E-state index contributed by atoms with van der Waals surface area (Å²) in [6.07, 6.45) is 22.0. The van der Waals surface area contributed by atoms with Crippen molar-refractivity contribution >= 4 is 19.8 Å². The van der Waals surface area contributed by atoms with Gasteiger partial charge in [-0.25, -0.2) is 0 Å². The molecular formula is C46H90NO13P. The minimum Gasteiger partial charge on any atom is -0.756 e. The lowest BCUT2D eigenvalue weighted by molar-refractivity contribution is -0.870. The van der Waals surface area contributed by atoms with E-state index in [0.717, 1.165) is 38.5 Å². The number of hydrogen-bond acceptors (Lipinski definition) is 13. The van der Waals surface area contributed by atoms with E-state index in [1.807, 2.05) is 21.1 Å². The standard InChI is InChI=1S/C46H90NO13P/c1-6-8-10-12-14-16-18-20-22-24-26-28-30-32-41(48)55-36-39(59-42(49)33-31-29-27-25-23-21-19-17-15-13-11-9-7-2)37-56-46-45(52)44(51)43(50)40(60-46)38-58-61(53,54)57-35-34-47(3,4)5/h39-40,43-46,50-52H,6-38H2,1-5H3/t39?,40-,43-,44+,45-,46+/m1/s1. The van der Waals surface area contributed by atoms with E-state index in [2.05, 4.69) is 13.8 Å². The van der Waals surface area contributed by atoms with Gasteiger partial charge in [0, 0.05) is 12.8 Å².